The van der Waals surface area contributed by atoms with Gasteiger partial charge in [0.2, 0.25) is 0 Å². The van der Waals surface area contributed by atoms with Crippen LogP contribution in [0.2, 0.25) is 0 Å². The Morgan fingerprint density at radius 1 is 0.806 bits per heavy atom. The zero-order valence-electron chi connectivity index (χ0n) is 19.7. The van der Waals surface area contributed by atoms with E-state index in [-0.39, 0.29) is 5.57 Å². The molecule has 5 rings (SSSR count). The van der Waals surface area contributed by atoms with Crippen LogP contribution in [-0.2, 0) is 22.6 Å². The Balaban J connectivity index is 1.30. The summed E-state index contributed by atoms with van der Waals surface area (Å²) < 4.78 is 5.92. The minimum atomic E-state index is -0.760. The first-order valence-electron chi connectivity index (χ1n) is 11.7. The molecule has 36 heavy (non-hydrogen) atoms. The predicted molar refractivity (Wildman–Crippen MR) is 140 cm³/mol. The van der Waals surface area contributed by atoms with Gasteiger partial charge in [-0.05, 0) is 70.3 Å². The zero-order chi connectivity index (χ0) is 25.1. The van der Waals surface area contributed by atoms with Crippen molar-refractivity contribution < 1.29 is 19.1 Å². The normalized spacial score (nSPS) is 14.9. The number of hydrogen-bond acceptors (Lipinski definition) is 4. The first kappa shape index (κ1) is 23.1. The number of rotatable bonds is 6. The molecule has 0 spiro atoms. The van der Waals surface area contributed by atoms with Gasteiger partial charge in [0.05, 0.1) is 5.69 Å². The van der Waals surface area contributed by atoms with Gasteiger partial charge in [0.25, 0.3) is 11.8 Å². The number of nitrogens with zero attached hydrogens (tertiary/aromatic N) is 1. The van der Waals surface area contributed by atoms with Crippen LogP contribution in [0, 0.1) is 0 Å². The molecule has 6 heteroatoms. The van der Waals surface area contributed by atoms with Gasteiger partial charge in [0.1, 0.15) is 17.9 Å². The lowest BCUT2D eigenvalue weighted by Gasteiger charge is -2.26. The molecule has 0 atom stereocenters. The molecule has 1 saturated heterocycles. The molecule has 4 aromatic rings. The molecule has 0 bridgehead atoms. The second-order valence-electron chi connectivity index (χ2n) is 8.52. The summed E-state index contributed by atoms with van der Waals surface area (Å²) >= 11 is 0. The number of ether oxygens (including phenoxy) is 1. The number of anilines is 1. The van der Waals surface area contributed by atoms with E-state index < -0.39 is 17.8 Å². The van der Waals surface area contributed by atoms with Gasteiger partial charge < -0.3 is 4.74 Å². The topological polar surface area (TPSA) is 75.7 Å². The summed E-state index contributed by atoms with van der Waals surface area (Å²) in [7, 11) is 0. The fourth-order valence-electron chi connectivity index (χ4n) is 4.09. The van der Waals surface area contributed by atoms with Gasteiger partial charge in [-0.1, -0.05) is 67.6 Å². The van der Waals surface area contributed by atoms with E-state index in [2.05, 4.69) is 29.6 Å². The van der Waals surface area contributed by atoms with E-state index in [1.54, 1.807) is 36.4 Å². The van der Waals surface area contributed by atoms with Crippen molar-refractivity contribution in [2.24, 2.45) is 0 Å². The number of benzene rings is 4. The summed E-state index contributed by atoms with van der Waals surface area (Å²) in [5.41, 5.74) is 3.08. The number of urea groups is 1. The highest BCUT2D eigenvalue weighted by molar-refractivity contribution is 6.39. The lowest BCUT2D eigenvalue weighted by Crippen LogP contribution is -2.54. The third-order valence-electron chi connectivity index (χ3n) is 6.11. The molecule has 4 aromatic carbocycles. The zero-order valence-corrected chi connectivity index (χ0v) is 19.7. The van der Waals surface area contributed by atoms with Gasteiger partial charge in [-0.25, -0.2) is 9.69 Å². The van der Waals surface area contributed by atoms with Gasteiger partial charge in [0, 0.05) is 0 Å². The molecule has 0 radical (unpaired) electrons. The minimum Gasteiger partial charge on any atom is -0.489 e. The quantitative estimate of drug-likeness (QED) is 0.288. The highest BCUT2D eigenvalue weighted by Gasteiger charge is 2.36. The van der Waals surface area contributed by atoms with E-state index in [1.165, 1.54) is 11.5 Å². The van der Waals surface area contributed by atoms with Crippen molar-refractivity contribution in [3.63, 3.8) is 0 Å². The first-order chi connectivity index (χ1) is 17.5. The second kappa shape index (κ2) is 9.88. The van der Waals surface area contributed by atoms with Crippen molar-refractivity contribution in [1.82, 2.24) is 5.32 Å². The smallest absolute Gasteiger partial charge is 0.335 e. The fourth-order valence-corrected chi connectivity index (χ4v) is 4.09. The number of nitrogens with one attached hydrogen (secondary N) is 1. The number of hydrogen-bond donors (Lipinski definition) is 1. The summed E-state index contributed by atoms with van der Waals surface area (Å²) in [6.45, 7) is 2.44. The van der Waals surface area contributed by atoms with E-state index in [0.717, 1.165) is 27.8 Å². The Bertz CT molecular complexity index is 1490. The Morgan fingerprint density at radius 2 is 1.50 bits per heavy atom. The largest absolute Gasteiger partial charge is 0.489 e. The van der Waals surface area contributed by atoms with Crippen LogP contribution in [0.15, 0.2) is 96.6 Å². The highest BCUT2D eigenvalue weighted by Crippen LogP contribution is 2.24. The Labute approximate surface area is 208 Å². The molecule has 1 heterocycles. The SMILES string of the molecule is CCc1ccc(N2C(=O)NC(=O)/C(=C/c3ccc(OCc4ccc5ccccc5c4)cc3)C2=O)cc1. The monoisotopic (exact) mass is 476 g/mol. The average molecular weight is 477 g/mol. The summed E-state index contributed by atoms with van der Waals surface area (Å²) in [4.78, 5) is 38.9. The molecule has 0 unspecified atom stereocenters. The van der Waals surface area contributed by atoms with Crippen LogP contribution in [-0.4, -0.2) is 17.8 Å². The maximum absolute atomic E-state index is 13.1. The number of barbiturate groups is 1. The number of carbonyl (C=O) groups is 3. The lowest BCUT2D eigenvalue weighted by molar-refractivity contribution is -0.122. The van der Waals surface area contributed by atoms with Crippen LogP contribution in [0.4, 0.5) is 10.5 Å². The number of imide groups is 2. The number of fused-ring (bicyclic) bond motifs is 1. The van der Waals surface area contributed by atoms with E-state index in [0.29, 0.717) is 23.6 Å². The molecular formula is C30H24N2O4. The third-order valence-corrected chi connectivity index (χ3v) is 6.11. The molecule has 178 valence electrons. The van der Waals surface area contributed by atoms with Crippen molar-refractivity contribution in [3.05, 3.63) is 113 Å². The first-order valence-corrected chi connectivity index (χ1v) is 11.7. The van der Waals surface area contributed by atoms with E-state index in [9.17, 15) is 14.4 Å². The number of amides is 4. The standard InChI is InChI=1S/C30H24N2O4/c1-2-20-8-13-25(14-9-20)32-29(34)27(28(33)31-30(32)35)18-21-10-15-26(16-11-21)36-19-22-7-12-23-5-3-4-6-24(23)17-22/h3-18H,2,19H2,1H3,(H,31,33,35)/b27-18-. The van der Waals surface area contributed by atoms with Crippen LogP contribution in [0.3, 0.4) is 0 Å². The highest BCUT2D eigenvalue weighted by atomic mass is 16.5. The molecule has 0 aliphatic carbocycles. The average Bonchev–Trinajstić information content (AvgIpc) is 2.90. The second-order valence-corrected chi connectivity index (χ2v) is 8.52. The van der Waals surface area contributed by atoms with Crippen molar-refractivity contribution in [1.29, 1.82) is 0 Å². The maximum atomic E-state index is 13.1. The predicted octanol–water partition coefficient (Wildman–Crippen LogP) is 5.65. The lowest BCUT2D eigenvalue weighted by atomic mass is 10.1. The van der Waals surface area contributed by atoms with Gasteiger partial charge in [-0.3, -0.25) is 14.9 Å². The van der Waals surface area contributed by atoms with Crippen LogP contribution in [0.1, 0.15) is 23.6 Å². The Hall–Kier alpha value is -4.71. The molecule has 0 aromatic heterocycles. The van der Waals surface area contributed by atoms with Gasteiger partial charge >= 0.3 is 6.03 Å². The number of carbonyl (C=O) groups excluding carboxylic acids is 3. The molecule has 1 N–H and O–H groups in total. The van der Waals surface area contributed by atoms with E-state index in [4.69, 9.17) is 4.74 Å². The molecule has 4 amide bonds. The summed E-state index contributed by atoms with van der Waals surface area (Å²) in [5.74, 6) is -0.717. The minimum absolute atomic E-state index is 0.112. The Kier molecular flexibility index (Phi) is 6.33. The summed E-state index contributed by atoms with van der Waals surface area (Å²) in [6.07, 6.45) is 2.32. The van der Waals surface area contributed by atoms with Crippen molar-refractivity contribution in [2.75, 3.05) is 4.90 Å². The fraction of sp³-hybridized carbons (Fsp3) is 0.100. The van der Waals surface area contributed by atoms with Gasteiger partial charge in [0.15, 0.2) is 0 Å². The maximum Gasteiger partial charge on any atom is 0.335 e. The van der Waals surface area contributed by atoms with Crippen molar-refractivity contribution in [2.45, 2.75) is 20.0 Å². The molecular weight excluding hydrogens is 452 g/mol. The van der Waals surface area contributed by atoms with Crippen LogP contribution in [0.25, 0.3) is 16.8 Å². The molecule has 0 saturated carbocycles. The van der Waals surface area contributed by atoms with Gasteiger partial charge in [-0.15, -0.1) is 0 Å². The summed E-state index contributed by atoms with van der Waals surface area (Å²) in [6, 6.07) is 27.8. The van der Waals surface area contributed by atoms with E-state index >= 15 is 0 Å². The molecule has 1 aliphatic heterocycles. The summed E-state index contributed by atoms with van der Waals surface area (Å²) in [5, 5.41) is 4.59. The van der Waals surface area contributed by atoms with Crippen molar-refractivity contribution >= 4 is 40.4 Å². The van der Waals surface area contributed by atoms with Crippen LogP contribution in [0.5, 0.6) is 5.75 Å². The third kappa shape index (κ3) is 4.74. The molecule has 1 fully saturated rings. The van der Waals surface area contributed by atoms with E-state index in [1.807, 2.05) is 37.3 Å². The molecule has 1 aliphatic rings. The Morgan fingerprint density at radius 3 is 2.22 bits per heavy atom. The van der Waals surface area contributed by atoms with Crippen molar-refractivity contribution in [3.8, 4) is 5.75 Å². The van der Waals surface area contributed by atoms with Crippen LogP contribution < -0.4 is 15.0 Å². The molecule has 6 nitrogen and oxygen atoms in total. The van der Waals surface area contributed by atoms with Crippen LogP contribution >= 0.6 is 0 Å². The van der Waals surface area contributed by atoms with Gasteiger partial charge in [-0.2, -0.15) is 0 Å². The number of aryl methyl sites for hydroxylation is 1.